The fraction of sp³-hybridized carbons (Fsp3) is 0.182. The van der Waals surface area contributed by atoms with Crippen LogP contribution in [-0.2, 0) is 13.2 Å². The van der Waals surface area contributed by atoms with Gasteiger partial charge in [-0.2, -0.15) is 0 Å². The van der Waals surface area contributed by atoms with Crippen molar-refractivity contribution in [2.75, 3.05) is 5.32 Å². The van der Waals surface area contributed by atoms with E-state index in [0.29, 0.717) is 22.3 Å². The smallest absolute Gasteiger partial charge is 0.143 e. The standard InChI is InChI=1S/C22H20Cl2FNO/c1-14-4-3-5-21(15(14)2)26-12-17-10-18(23)11-20(24)22(17)27-13-16-6-8-19(25)9-7-16/h3-11,26H,12-13H2,1-2H3. The molecule has 0 saturated heterocycles. The van der Waals surface area contributed by atoms with E-state index >= 15 is 0 Å². The highest BCUT2D eigenvalue weighted by atomic mass is 35.5. The molecule has 0 fully saturated rings. The lowest BCUT2D eigenvalue weighted by Crippen LogP contribution is -2.06. The van der Waals surface area contributed by atoms with Crippen molar-refractivity contribution in [1.82, 2.24) is 0 Å². The molecule has 0 heterocycles. The summed E-state index contributed by atoms with van der Waals surface area (Å²) in [5.74, 6) is 0.296. The monoisotopic (exact) mass is 403 g/mol. The third kappa shape index (κ3) is 4.94. The largest absolute Gasteiger partial charge is 0.487 e. The van der Waals surface area contributed by atoms with E-state index in [4.69, 9.17) is 27.9 Å². The minimum atomic E-state index is -0.276. The molecule has 27 heavy (non-hydrogen) atoms. The van der Waals surface area contributed by atoms with Gasteiger partial charge in [-0.3, -0.25) is 0 Å². The predicted molar refractivity (Wildman–Crippen MR) is 110 cm³/mol. The lowest BCUT2D eigenvalue weighted by molar-refractivity contribution is 0.303. The fourth-order valence-corrected chi connectivity index (χ4v) is 3.37. The maximum Gasteiger partial charge on any atom is 0.143 e. The molecule has 2 nitrogen and oxygen atoms in total. The summed E-state index contributed by atoms with van der Waals surface area (Å²) in [7, 11) is 0. The summed E-state index contributed by atoms with van der Waals surface area (Å²) in [5.41, 5.74) is 5.18. The van der Waals surface area contributed by atoms with Gasteiger partial charge in [0.15, 0.2) is 0 Å². The van der Waals surface area contributed by atoms with E-state index in [1.807, 2.05) is 18.2 Å². The molecule has 3 rings (SSSR count). The van der Waals surface area contributed by atoms with Crippen LogP contribution in [0.3, 0.4) is 0 Å². The van der Waals surface area contributed by atoms with Gasteiger partial charge in [-0.25, -0.2) is 4.39 Å². The third-order valence-electron chi connectivity index (χ3n) is 4.46. The Kier molecular flexibility index (Phi) is 6.25. The summed E-state index contributed by atoms with van der Waals surface area (Å²) in [6.07, 6.45) is 0. The zero-order valence-electron chi connectivity index (χ0n) is 15.2. The van der Waals surface area contributed by atoms with Crippen molar-refractivity contribution >= 4 is 28.9 Å². The maximum absolute atomic E-state index is 13.1. The predicted octanol–water partition coefficient (Wildman–Crippen LogP) is 6.94. The molecule has 3 aromatic rings. The normalized spacial score (nSPS) is 10.7. The summed E-state index contributed by atoms with van der Waals surface area (Å²) in [4.78, 5) is 0. The van der Waals surface area contributed by atoms with Crippen LogP contribution in [0.2, 0.25) is 10.0 Å². The van der Waals surface area contributed by atoms with Gasteiger partial charge in [0.2, 0.25) is 0 Å². The summed E-state index contributed by atoms with van der Waals surface area (Å²) in [6, 6.07) is 15.8. The van der Waals surface area contributed by atoms with Crippen LogP contribution in [0.15, 0.2) is 54.6 Å². The third-order valence-corrected chi connectivity index (χ3v) is 4.95. The molecule has 0 spiro atoms. The zero-order valence-corrected chi connectivity index (χ0v) is 16.7. The van der Waals surface area contributed by atoms with Crippen LogP contribution in [-0.4, -0.2) is 0 Å². The highest BCUT2D eigenvalue weighted by Gasteiger charge is 2.12. The topological polar surface area (TPSA) is 21.3 Å². The Labute approximate surface area is 168 Å². The van der Waals surface area contributed by atoms with E-state index in [-0.39, 0.29) is 12.4 Å². The van der Waals surface area contributed by atoms with Gasteiger partial charge in [0.05, 0.1) is 5.02 Å². The highest BCUT2D eigenvalue weighted by molar-refractivity contribution is 6.35. The van der Waals surface area contributed by atoms with Crippen molar-refractivity contribution in [3.63, 3.8) is 0 Å². The Bertz CT molecular complexity index is 942. The summed E-state index contributed by atoms with van der Waals surface area (Å²) in [6.45, 7) is 4.96. The van der Waals surface area contributed by atoms with Crippen LogP contribution in [0.5, 0.6) is 5.75 Å². The van der Waals surface area contributed by atoms with Crippen LogP contribution in [0.1, 0.15) is 22.3 Å². The number of aryl methyl sites for hydroxylation is 1. The number of anilines is 1. The molecule has 0 aliphatic rings. The van der Waals surface area contributed by atoms with E-state index < -0.39 is 0 Å². The average molecular weight is 404 g/mol. The zero-order chi connectivity index (χ0) is 19.4. The first-order valence-electron chi connectivity index (χ1n) is 8.59. The molecular formula is C22H20Cl2FNO. The SMILES string of the molecule is Cc1cccc(NCc2cc(Cl)cc(Cl)c2OCc2ccc(F)cc2)c1C. The first kappa shape index (κ1) is 19.5. The second kappa shape index (κ2) is 8.64. The van der Waals surface area contributed by atoms with E-state index in [1.165, 1.54) is 23.3 Å². The van der Waals surface area contributed by atoms with Crippen molar-refractivity contribution in [2.45, 2.75) is 27.0 Å². The van der Waals surface area contributed by atoms with Crippen molar-refractivity contribution in [3.8, 4) is 5.75 Å². The van der Waals surface area contributed by atoms with E-state index in [2.05, 4.69) is 25.2 Å². The second-order valence-electron chi connectivity index (χ2n) is 6.39. The molecule has 0 unspecified atom stereocenters. The fourth-order valence-electron chi connectivity index (χ4n) is 2.78. The Hall–Kier alpha value is -2.23. The number of rotatable bonds is 6. The van der Waals surface area contributed by atoms with Crippen molar-refractivity contribution in [2.24, 2.45) is 0 Å². The Balaban J connectivity index is 1.79. The van der Waals surface area contributed by atoms with Crippen LogP contribution >= 0.6 is 23.2 Å². The molecule has 0 aliphatic carbocycles. The molecule has 0 bridgehead atoms. The van der Waals surface area contributed by atoms with Gasteiger partial charge in [-0.05, 0) is 60.9 Å². The average Bonchev–Trinajstić information content (AvgIpc) is 2.63. The van der Waals surface area contributed by atoms with Crippen LogP contribution in [0.25, 0.3) is 0 Å². The molecule has 0 atom stereocenters. The minimum Gasteiger partial charge on any atom is -0.487 e. The van der Waals surface area contributed by atoms with E-state index in [0.717, 1.165) is 16.8 Å². The Morgan fingerprint density at radius 2 is 1.74 bits per heavy atom. The van der Waals surface area contributed by atoms with Gasteiger partial charge in [-0.1, -0.05) is 47.5 Å². The molecule has 0 aliphatic heterocycles. The van der Waals surface area contributed by atoms with Gasteiger partial charge in [0.25, 0.3) is 0 Å². The number of hydrogen-bond acceptors (Lipinski definition) is 2. The number of halogens is 3. The van der Waals surface area contributed by atoms with Crippen LogP contribution in [0.4, 0.5) is 10.1 Å². The quantitative estimate of drug-likeness (QED) is 0.481. The van der Waals surface area contributed by atoms with Crippen molar-refractivity contribution in [1.29, 1.82) is 0 Å². The molecule has 140 valence electrons. The maximum atomic E-state index is 13.1. The summed E-state index contributed by atoms with van der Waals surface area (Å²) < 4.78 is 19.0. The van der Waals surface area contributed by atoms with Crippen molar-refractivity contribution < 1.29 is 9.13 Å². The van der Waals surface area contributed by atoms with Gasteiger partial charge in [-0.15, -0.1) is 0 Å². The molecule has 3 aromatic carbocycles. The number of hydrogen-bond donors (Lipinski definition) is 1. The molecule has 0 saturated carbocycles. The number of nitrogens with one attached hydrogen (secondary N) is 1. The minimum absolute atomic E-state index is 0.276. The molecule has 0 amide bonds. The van der Waals surface area contributed by atoms with E-state index in [1.54, 1.807) is 18.2 Å². The lowest BCUT2D eigenvalue weighted by Gasteiger charge is -2.16. The number of ether oxygens (including phenoxy) is 1. The lowest BCUT2D eigenvalue weighted by atomic mass is 10.1. The van der Waals surface area contributed by atoms with Gasteiger partial charge >= 0.3 is 0 Å². The van der Waals surface area contributed by atoms with Crippen LogP contribution in [0, 0.1) is 19.7 Å². The Morgan fingerprint density at radius 1 is 1.00 bits per heavy atom. The van der Waals surface area contributed by atoms with Crippen molar-refractivity contribution in [3.05, 3.63) is 92.7 Å². The second-order valence-corrected chi connectivity index (χ2v) is 7.24. The summed E-state index contributed by atoms with van der Waals surface area (Å²) >= 11 is 12.6. The molecular weight excluding hydrogens is 384 g/mol. The highest BCUT2D eigenvalue weighted by Crippen LogP contribution is 2.34. The van der Waals surface area contributed by atoms with Gasteiger partial charge < -0.3 is 10.1 Å². The first-order chi connectivity index (χ1) is 12.9. The number of benzene rings is 3. The molecule has 1 N–H and O–H groups in total. The Morgan fingerprint density at radius 3 is 2.48 bits per heavy atom. The first-order valence-corrected chi connectivity index (χ1v) is 9.35. The summed E-state index contributed by atoms with van der Waals surface area (Å²) in [5, 5.41) is 4.42. The van der Waals surface area contributed by atoms with Gasteiger partial charge in [0, 0.05) is 22.8 Å². The molecule has 0 radical (unpaired) electrons. The van der Waals surface area contributed by atoms with E-state index in [9.17, 15) is 4.39 Å². The van der Waals surface area contributed by atoms with Gasteiger partial charge in [0.1, 0.15) is 18.2 Å². The van der Waals surface area contributed by atoms with Crippen LogP contribution < -0.4 is 10.1 Å². The molecule has 0 aromatic heterocycles. The molecule has 5 heteroatoms.